The quantitative estimate of drug-likeness (QED) is 0.769. The molecule has 2 nitrogen and oxygen atoms in total. The molecule has 0 bridgehead atoms. The SMILES string of the molecule is Cc1cccc(C(C)(O)CCCO)c1. The largest absolute Gasteiger partial charge is 0.396 e. The average Bonchev–Trinajstić information content (AvgIpc) is 2.15. The third-order valence-electron chi connectivity index (χ3n) is 2.46. The lowest BCUT2D eigenvalue weighted by Crippen LogP contribution is -2.21. The normalized spacial score (nSPS) is 15.1. The van der Waals surface area contributed by atoms with Crippen molar-refractivity contribution in [1.82, 2.24) is 0 Å². The number of aryl methyl sites for hydroxylation is 1. The van der Waals surface area contributed by atoms with Gasteiger partial charge < -0.3 is 10.2 Å². The second-order valence-corrected chi connectivity index (χ2v) is 3.97. The number of hydrogen-bond donors (Lipinski definition) is 2. The lowest BCUT2D eigenvalue weighted by molar-refractivity contribution is 0.0403. The number of rotatable bonds is 4. The zero-order valence-electron chi connectivity index (χ0n) is 8.83. The Labute approximate surface area is 85.2 Å². The van der Waals surface area contributed by atoms with Gasteiger partial charge in [0.15, 0.2) is 0 Å². The lowest BCUT2D eigenvalue weighted by Gasteiger charge is -2.23. The Bertz CT molecular complexity index is 292. The number of benzene rings is 1. The van der Waals surface area contributed by atoms with Crippen LogP contribution in [0.2, 0.25) is 0 Å². The summed E-state index contributed by atoms with van der Waals surface area (Å²) in [6.07, 6.45) is 1.22. The molecule has 14 heavy (non-hydrogen) atoms. The zero-order chi connectivity index (χ0) is 10.6. The molecular weight excluding hydrogens is 176 g/mol. The molecule has 0 radical (unpaired) electrons. The third-order valence-corrected chi connectivity index (χ3v) is 2.46. The summed E-state index contributed by atoms with van der Waals surface area (Å²) in [5.74, 6) is 0. The van der Waals surface area contributed by atoms with Crippen molar-refractivity contribution in [3.63, 3.8) is 0 Å². The molecule has 2 heteroatoms. The van der Waals surface area contributed by atoms with Crippen molar-refractivity contribution in [2.75, 3.05) is 6.61 Å². The molecule has 0 saturated heterocycles. The fourth-order valence-electron chi connectivity index (χ4n) is 1.55. The van der Waals surface area contributed by atoms with Crippen LogP contribution in [0.3, 0.4) is 0 Å². The predicted octanol–water partition coefficient (Wildman–Crippen LogP) is 1.98. The summed E-state index contributed by atoms with van der Waals surface area (Å²) in [6, 6.07) is 7.85. The van der Waals surface area contributed by atoms with E-state index >= 15 is 0 Å². The van der Waals surface area contributed by atoms with Crippen molar-refractivity contribution < 1.29 is 10.2 Å². The molecule has 0 aliphatic carbocycles. The van der Waals surface area contributed by atoms with Crippen molar-refractivity contribution in [2.24, 2.45) is 0 Å². The molecule has 1 rings (SSSR count). The van der Waals surface area contributed by atoms with Crippen molar-refractivity contribution in [3.05, 3.63) is 35.4 Å². The van der Waals surface area contributed by atoms with Gasteiger partial charge in [-0.25, -0.2) is 0 Å². The number of aliphatic hydroxyl groups excluding tert-OH is 1. The number of aliphatic hydroxyl groups is 2. The highest BCUT2D eigenvalue weighted by atomic mass is 16.3. The Kier molecular flexibility index (Phi) is 3.67. The fraction of sp³-hybridized carbons (Fsp3) is 0.500. The van der Waals surface area contributed by atoms with E-state index in [-0.39, 0.29) is 6.61 Å². The van der Waals surface area contributed by atoms with E-state index in [1.807, 2.05) is 31.2 Å². The van der Waals surface area contributed by atoms with Crippen LogP contribution in [0.25, 0.3) is 0 Å². The van der Waals surface area contributed by atoms with E-state index in [1.54, 1.807) is 6.92 Å². The molecule has 1 aromatic rings. The minimum Gasteiger partial charge on any atom is -0.396 e. The van der Waals surface area contributed by atoms with Crippen molar-refractivity contribution in [2.45, 2.75) is 32.3 Å². The predicted molar refractivity (Wildman–Crippen MR) is 57.1 cm³/mol. The first-order chi connectivity index (χ1) is 6.56. The Morgan fingerprint density at radius 3 is 2.64 bits per heavy atom. The van der Waals surface area contributed by atoms with Gasteiger partial charge >= 0.3 is 0 Å². The molecule has 0 heterocycles. The van der Waals surface area contributed by atoms with Gasteiger partial charge in [0.2, 0.25) is 0 Å². The second kappa shape index (κ2) is 4.58. The molecule has 1 aromatic carbocycles. The highest BCUT2D eigenvalue weighted by molar-refractivity contribution is 5.26. The maximum atomic E-state index is 10.1. The molecule has 0 aliphatic rings. The molecule has 0 amide bonds. The highest BCUT2D eigenvalue weighted by Crippen LogP contribution is 2.26. The minimum absolute atomic E-state index is 0.127. The number of hydrogen-bond acceptors (Lipinski definition) is 2. The van der Waals surface area contributed by atoms with Crippen LogP contribution in [0.5, 0.6) is 0 Å². The highest BCUT2D eigenvalue weighted by Gasteiger charge is 2.21. The standard InChI is InChI=1S/C12H18O2/c1-10-5-3-6-11(9-10)12(2,14)7-4-8-13/h3,5-6,9,13-14H,4,7-8H2,1-2H3. The van der Waals surface area contributed by atoms with E-state index in [1.165, 1.54) is 0 Å². The molecule has 1 unspecified atom stereocenters. The van der Waals surface area contributed by atoms with Crippen LogP contribution in [-0.4, -0.2) is 16.8 Å². The topological polar surface area (TPSA) is 40.5 Å². The first-order valence-corrected chi connectivity index (χ1v) is 4.96. The second-order valence-electron chi connectivity index (χ2n) is 3.97. The van der Waals surface area contributed by atoms with E-state index in [0.29, 0.717) is 12.8 Å². The Morgan fingerprint density at radius 2 is 2.07 bits per heavy atom. The summed E-state index contributed by atoms with van der Waals surface area (Å²) in [7, 11) is 0. The molecule has 0 fully saturated rings. The Morgan fingerprint density at radius 1 is 1.36 bits per heavy atom. The van der Waals surface area contributed by atoms with Crippen LogP contribution >= 0.6 is 0 Å². The van der Waals surface area contributed by atoms with Crippen LogP contribution in [-0.2, 0) is 5.60 Å². The summed E-state index contributed by atoms with van der Waals surface area (Å²) in [4.78, 5) is 0. The molecule has 78 valence electrons. The van der Waals surface area contributed by atoms with Gasteiger partial charge in [0, 0.05) is 6.61 Å². The van der Waals surface area contributed by atoms with Crippen LogP contribution in [0, 0.1) is 6.92 Å². The van der Waals surface area contributed by atoms with Crippen LogP contribution < -0.4 is 0 Å². The van der Waals surface area contributed by atoms with Gasteiger partial charge in [0.25, 0.3) is 0 Å². The van der Waals surface area contributed by atoms with E-state index in [2.05, 4.69) is 0 Å². The summed E-state index contributed by atoms with van der Waals surface area (Å²) >= 11 is 0. The van der Waals surface area contributed by atoms with Crippen molar-refractivity contribution in [3.8, 4) is 0 Å². The Balaban J connectivity index is 2.80. The third kappa shape index (κ3) is 2.82. The monoisotopic (exact) mass is 194 g/mol. The summed E-state index contributed by atoms with van der Waals surface area (Å²) < 4.78 is 0. The van der Waals surface area contributed by atoms with E-state index in [0.717, 1.165) is 11.1 Å². The van der Waals surface area contributed by atoms with Crippen LogP contribution in [0.1, 0.15) is 30.9 Å². The maximum Gasteiger partial charge on any atom is 0.0869 e. The van der Waals surface area contributed by atoms with Gasteiger partial charge in [-0.3, -0.25) is 0 Å². The van der Waals surface area contributed by atoms with Gasteiger partial charge in [-0.2, -0.15) is 0 Å². The molecule has 0 saturated carbocycles. The van der Waals surface area contributed by atoms with Crippen molar-refractivity contribution >= 4 is 0 Å². The smallest absolute Gasteiger partial charge is 0.0869 e. The van der Waals surface area contributed by atoms with Crippen LogP contribution in [0.4, 0.5) is 0 Å². The van der Waals surface area contributed by atoms with Gasteiger partial charge in [0.05, 0.1) is 5.60 Å². The summed E-state index contributed by atoms with van der Waals surface area (Å²) in [5, 5.41) is 18.9. The van der Waals surface area contributed by atoms with Crippen molar-refractivity contribution in [1.29, 1.82) is 0 Å². The summed E-state index contributed by atoms with van der Waals surface area (Å²) in [5.41, 5.74) is 1.24. The Hall–Kier alpha value is -0.860. The molecule has 2 N–H and O–H groups in total. The van der Waals surface area contributed by atoms with Gasteiger partial charge in [-0.15, -0.1) is 0 Å². The zero-order valence-corrected chi connectivity index (χ0v) is 8.83. The first kappa shape index (κ1) is 11.2. The molecular formula is C12H18O2. The molecule has 0 aromatic heterocycles. The lowest BCUT2D eigenvalue weighted by atomic mass is 9.90. The van der Waals surface area contributed by atoms with E-state index < -0.39 is 5.60 Å². The van der Waals surface area contributed by atoms with Gasteiger partial charge in [-0.05, 0) is 32.3 Å². The minimum atomic E-state index is -0.825. The van der Waals surface area contributed by atoms with E-state index in [9.17, 15) is 5.11 Å². The average molecular weight is 194 g/mol. The molecule has 0 spiro atoms. The summed E-state index contributed by atoms with van der Waals surface area (Å²) in [6.45, 7) is 3.92. The fourth-order valence-corrected chi connectivity index (χ4v) is 1.55. The maximum absolute atomic E-state index is 10.1. The van der Waals surface area contributed by atoms with Gasteiger partial charge in [0.1, 0.15) is 0 Å². The first-order valence-electron chi connectivity index (χ1n) is 4.96. The van der Waals surface area contributed by atoms with Gasteiger partial charge in [-0.1, -0.05) is 29.8 Å². The van der Waals surface area contributed by atoms with Crippen LogP contribution in [0.15, 0.2) is 24.3 Å². The molecule has 0 aliphatic heterocycles. The molecule has 1 atom stereocenters. The van der Waals surface area contributed by atoms with E-state index in [4.69, 9.17) is 5.11 Å².